The molecule has 7 rings (SSSR count). The van der Waals surface area contributed by atoms with Gasteiger partial charge in [0.2, 0.25) is 0 Å². The molecule has 1 saturated heterocycles. The molecular weight excluding hydrogens is 408 g/mol. The molecule has 3 fully saturated rings. The number of esters is 1. The molecule has 162 valence electrons. The van der Waals surface area contributed by atoms with Gasteiger partial charge in [-0.25, -0.2) is 4.79 Å². The van der Waals surface area contributed by atoms with Gasteiger partial charge in [-0.15, -0.1) is 0 Å². The van der Waals surface area contributed by atoms with Crippen molar-refractivity contribution in [2.45, 2.75) is 13.3 Å². The van der Waals surface area contributed by atoms with Crippen LogP contribution in [0, 0.1) is 35.5 Å². The Morgan fingerprint density at radius 2 is 1.72 bits per heavy atom. The zero-order valence-corrected chi connectivity index (χ0v) is 17.5. The van der Waals surface area contributed by atoms with Crippen LogP contribution < -0.4 is 0 Å². The highest BCUT2D eigenvalue weighted by Crippen LogP contribution is 2.65. The molecule has 0 spiro atoms. The number of hydrogen-bond donors (Lipinski definition) is 0. The zero-order chi connectivity index (χ0) is 22.0. The average molecular weight is 430 g/mol. The number of benzene rings is 1. The van der Waals surface area contributed by atoms with E-state index in [1.807, 2.05) is 0 Å². The topological polar surface area (TPSA) is 89.2 Å². The first-order valence-corrected chi connectivity index (χ1v) is 11.0. The number of furan rings is 1. The van der Waals surface area contributed by atoms with E-state index in [-0.39, 0.29) is 41.5 Å². The minimum atomic E-state index is -0.368. The van der Waals surface area contributed by atoms with Gasteiger partial charge < -0.3 is 9.15 Å². The van der Waals surface area contributed by atoms with Gasteiger partial charge in [0.25, 0.3) is 11.8 Å². The second-order valence-electron chi connectivity index (χ2n) is 8.89. The van der Waals surface area contributed by atoms with Crippen molar-refractivity contribution < 1.29 is 23.5 Å². The van der Waals surface area contributed by atoms with Gasteiger partial charge >= 0.3 is 5.97 Å². The van der Waals surface area contributed by atoms with E-state index in [9.17, 15) is 14.4 Å². The third-order valence-electron chi connectivity index (χ3n) is 7.25. The van der Waals surface area contributed by atoms with Crippen molar-refractivity contribution in [3.8, 4) is 11.3 Å². The van der Waals surface area contributed by atoms with Gasteiger partial charge in [0.1, 0.15) is 11.5 Å². The molecule has 0 N–H and O–H groups in total. The Morgan fingerprint density at radius 1 is 1.06 bits per heavy atom. The molecular formula is C25H22N2O5. The number of allylic oxidation sites excluding steroid dienone is 2. The highest BCUT2D eigenvalue weighted by atomic mass is 16.5. The predicted octanol–water partition coefficient (Wildman–Crippen LogP) is 3.51. The number of carbonyl (C=O) groups is 3. The van der Waals surface area contributed by atoms with Crippen molar-refractivity contribution in [2.75, 3.05) is 6.61 Å². The van der Waals surface area contributed by atoms with Crippen LogP contribution in [-0.2, 0) is 14.3 Å². The zero-order valence-electron chi connectivity index (χ0n) is 17.5. The van der Waals surface area contributed by atoms with E-state index in [1.54, 1.807) is 43.3 Å². The third-order valence-corrected chi connectivity index (χ3v) is 7.25. The minimum absolute atomic E-state index is 0.180. The molecule has 0 radical (unpaired) electrons. The van der Waals surface area contributed by atoms with Gasteiger partial charge in [-0.2, -0.15) is 10.1 Å². The first-order valence-electron chi connectivity index (χ1n) is 11.0. The number of imide groups is 1. The van der Waals surface area contributed by atoms with E-state index in [1.165, 1.54) is 6.21 Å². The Bertz CT molecular complexity index is 1140. The number of amides is 2. The second-order valence-corrected chi connectivity index (χ2v) is 8.89. The van der Waals surface area contributed by atoms with Crippen LogP contribution in [0.15, 0.2) is 58.1 Å². The maximum absolute atomic E-state index is 13.0. The molecule has 1 aromatic carbocycles. The Labute approximate surface area is 184 Å². The third kappa shape index (κ3) is 2.80. The predicted molar refractivity (Wildman–Crippen MR) is 114 cm³/mol. The maximum Gasteiger partial charge on any atom is 0.338 e. The van der Waals surface area contributed by atoms with Crippen molar-refractivity contribution in [2.24, 2.45) is 40.6 Å². The van der Waals surface area contributed by atoms with Crippen LogP contribution in [0.5, 0.6) is 0 Å². The van der Waals surface area contributed by atoms with Gasteiger partial charge in [-0.1, -0.05) is 24.3 Å². The Kier molecular flexibility index (Phi) is 4.22. The summed E-state index contributed by atoms with van der Waals surface area (Å²) in [7, 11) is 0. The van der Waals surface area contributed by atoms with E-state index in [0.29, 0.717) is 35.5 Å². The summed E-state index contributed by atoms with van der Waals surface area (Å²) in [6.07, 6.45) is 6.84. The Balaban J connectivity index is 1.18. The number of rotatable bonds is 5. The first-order chi connectivity index (χ1) is 15.6. The van der Waals surface area contributed by atoms with Crippen LogP contribution in [0.1, 0.15) is 29.5 Å². The fourth-order valence-electron chi connectivity index (χ4n) is 5.73. The molecule has 32 heavy (non-hydrogen) atoms. The highest BCUT2D eigenvalue weighted by Gasteiger charge is 2.67. The second kappa shape index (κ2) is 7.02. The van der Waals surface area contributed by atoms with Gasteiger partial charge in [0, 0.05) is 5.56 Å². The monoisotopic (exact) mass is 430 g/mol. The maximum atomic E-state index is 13.0. The summed E-state index contributed by atoms with van der Waals surface area (Å²) in [5.74, 6) is 1.25. The van der Waals surface area contributed by atoms with Crippen LogP contribution in [0.2, 0.25) is 0 Å². The highest BCUT2D eigenvalue weighted by molar-refractivity contribution is 6.06. The van der Waals surface area contributed by atoms with Crippen molar-refractivity contribution in [1.29, 1.82) is 0 Å². The molecule has 7 nitrogen and oxygen atoms in total. The summed E-state index contributed by atoms with van der Waals surface area (Å²) in [6.45, 7) is 2.09. The molecule has 4 aliphatic carbocycles. The van der Waals surface area contributed by atoms with E-state index < -0.39 is 0 Å². The normalized spacial score (nSPS) is 31.8. The SMILES string of the molecule is CCOC(=O)c1ccc(-c2ccc(C=NN3C(=O)[C@@H]4[C@H]5C=C[C@@H]([C@@H]6C[C@H]56)[C@H]4C3=O)o2)cc1. The Hall–Kier alpha value is -3.48. The molecule has 0 unspecified atom stereocenters. The summed E-state index contributed by atoms with van der Waals surface area (Å²) in [6, 6.07) is 10.4. The van der Waals surface area contributed by atoms with E-state index >= 15 is 0 Å². The van der Waals surface area contributed by atoms with Crippen LogP contribution in [0.4, 0.5) is 0 Å². The molecule has 2 amide bonds. The van der Waals surface area contributed by atoms with Crippen LogP contribution in [0.25, 0.3) is 11.3 Å². The smallest absolute Gasteiger partial charge is 0.338 e. The fraction of sp³-hybridized carbons (Fsp3) is 0.360. The van der Waals surface area contributed by atoms with Gasteiger partial charge in [0.05, 0.1) is 30.2 Å². The molecule has 1 aliphatic heterocycles. The number of carbonyl (C=O) groups excluding carboxylic acids is 3. The minimum Gasteiger partial charge on any atom is -0.462 e. The number of ether oxygens (including phenoxy) is 1. The molecule has 2 bridgehead atoms. The largest absolute Gasteiger partial charge is 0.462 e. The first kappa shape index (κ1) is 19.2. The van der Waals surface area contributed by atoms with Crippen LogP contribution in [0.3, 0.4) is 0 Å². The van der Waals surface area contributed by atoms with Crippen molar-refractivity contribution in [3.05, 3.63) is 59.9 Å². The molecule has 1 aromatic heterocycles. The van der Waals surface area contributed by atoms with E-state index in [2.05, 4.69) is 17.3 Å². The number of hydrazone groups is 1. The van der Waals surface area contributed by atoms with Gasteiger partial charge in [0.15, 0.2) is 0 Å². The molecule has 2 aromatic rings. The summed E-state index contributed by atoms with van der Waals surface area (Å²) in [4.78, 5) is 37.7. The fourth-order valence-corrected chi connectivity index (χ4v) is 5.73. The molecule has 2 heterocycles. The average Bonchev–Trinajstić information content (AvgIpc) is 3.45. The van der Waals surface area contributed by atoms with Crippen LogP contribution in [-0.4, -0.2) is 35.6 Å². The molecule has 2 saturated carbocycles. The summed E-state index contributed by atoms with van der Waals surface area (Å²) < 4.78 is 10.8. The standard InChI is InChI=1S/C25H22N2O5/c1-2-31-25(30)14-5-3-13(4-6-14)20-10-7-15(32-20)12-26-27-23(28)21-16-8-9-17(19-11-18(16)19)22(21)24(27)29/h3-10,12,16-19,21-22H,2,11H2,1H3/t16-,17-,18-,19+,21+,22+/m0/s1. The summed E-state index contributed by atoms with van der Waals surface area (Å²) in [5.41, 5.74) is 1.26. The van der Waals surface area contributed by atoms with E-state index in [4.69, 9.17) is 9.15 Å². The van der Waals surface area contributed by atoms with E-state index in [0.717, 1.165) is 17.0 Å². The quantitative estimate of drug-likeness (QED) is 0.313. The molecule has 6 atom stereocenters. The Morgan fingerprint density at radius 3 is 2.34 bits per heavy atom. The lowest BCUT2D eigenvalue weighted by molar-refractivity contribution is -0.140. The lowest BCUT2D eigenvalue weighted by Crippen LogP contribution is -2.40. The lowest BCUT2D eigenvalue weighted by Gasteiger charge is -2.37. The molecule has 5 aliphatic rings. The summed E-state index contributed by atoms with van der Waals surface area (Å²) in [5, 5.41) is 5.25. The molecule has 7 heteroatoms. The van der Waals surface area contributed by atoms with Crippen molar-refractivity contribution in [3.63, 3.8) is 0 Å². The van der Waals surface area contributed by atoms with Gasteiger partial charge in [-0.3, -0.25) is 9.59 Å². The number of hydrogen-bond acceptors (Lipinski definition) is 6. The number of nitrogens with zero attached hydrogens (tertiary/aromatic N) is 2. The lowest BCUT2D eigenvalue weighted by atomic mass is 9.63. The van der Waals surface area contributed by atoms with Gasteiger partial charge in [-0.05, 0) is 61.3 Å². The van der Waals surface area contributed by atoms with Crippen molar-refractivity contribution in [1.82, 2.24) is 5.01 Å². The summed E-state index contributed by atoms with van der Waals surface area (Å²) >= 11 is 0. The van der Waals surface area contributed by atoms with Crippen LogP contribution >= 0.6 is 0 Å². The van der Waals surface area contributed by atoms with Crippen molar-refractivity contribution >= 4 is 24.0 Å².